The van der Waals surface area contributed by atoms with Crippen molar-refractivity contribution in [1.82, 2.24) is 0 Å². The second-order valence-electron chi connectivity index (χ2n) is 5.57. The number of ether oxygens (including phenoxy) is 1. The number of fused-ring (bicyclic) bond motifs is 1. The number of esters is 1. The van der Waals surface area contributed by atoms with Gasteiger partial charge in [0.25, 0.3) is 17.5 Å². The number of hydrogen-bond donors (Lipinski definition) is 0. The van der Waals surface area contributed by atoms with Crippen LogP contribution < -0.4 is 9.64 Å². The fourth-order valence-corrected chi connectivity index (χ4v) is 2.51. The van der Waals surface area contributed by atoms with E-state index in [1.54, 1.807) is 0 Å². The first-order chi connectivity index (χ1) is 12.3. The zero-order chi connectivity index (χ0) is 19.0. The van der Waals surface area contributed by atoms with Gasteiger partial charge in [-0.25, -0.2) is 9.69 Å². The lowest BCUT2D eigenvalue weighted by atomic mass is 10.1. The van der Waals surface area contributed by atoms with Crippen molar-refractivity contribution in [3.05, 3.63) is 75.9 Å². The van der Waals surface area contributed by atoms with E-state index in [9.17, 15) is 24.5 Å². The first-order valence-corrected chi connectivity index (χ1v) is 7.45. The maximum atomic E-state index is 12.6. The van der Waals surface area contributed by atoms with Crippen molar-refractivity contribution in [3.8, 4) is 5.75 Å². The molecule has 0 aromatic heterocycles. The predicted molar refractivity (Wildman–Crippen MR) is 91.1 cm³/mol. The maximum absolute atomic E-state index is 12.6. The second kappa shape index (κ2) is 6.25. The normalized spacial score (nSPS) is 12.7. The summed E-state index contributed by atoms with van der Waals surface area (Å²) in [4.78, 5) is 47.9. The van der Waals surface area contributed by atoms with Gasteiger partial charge in [0.1, 0.15) is 11.3 Å². The van der Waals surface area contributed by atoms with Crippen molar-refractivity contribution in [1.29, 1.82) is 0 Å². The van der Waals surface area contributed by atoms with Gasteiger partial charge >= 0.3 is 5.97 Å². The summed E-state index contributed by atoms with van der Waals surface area (Å²) in [5.41, 5.74) is -0.250. The summed E-state index contributed by atoms with van der Waals surface area (Å²) in [5.74, 6) is -1.82. The van der Waals surface area contributed by atoms with Crippen LogP contribution in [-0.2, 0) is 4.79 Å². The minimum absolute atomic E-state index is 0.0259. The minimum atomic E-state index is -0.774. The van der Waals surface area contributed by atoms with Crippen LogP contribution in [0.4, 0.5) is 11.4 Å². The number of rotatable bonds is 4. The van der Waals surface area contributed by atoms with Crippen LogP contribution in [0.15, 0.2) is 54.6 Å². The third-order valence-corrected chi connectivity index (χ3v) is 3.74. The van der Waals surface area contributed by atoms with Gasteiger partial charge < -0.3 is 4.74 Å². The number of carbonyl (C=O) groups is 3. The lowest BCUT2D eigenvalue weighted by molar-refractivity contribution is -0.385. The molecule has 0 radical (unpaired) electrons. The SMILES string of the molecule is C=C(C)C(=O)Oc1ccc(N2C(=O)c3cccc([N+](=O)[O-])c3C2=O)cc1. The molecule has 0 spiro atoms. The Hall–Kier alpha value is -3.81. The Kier molecular flexibility index (Phi) is 4.09. The lowest BCUT2D eigenvalue weighted by Gasteiger charge is -2.14. The van der Waals surface area contributed by atoms with E-state index < -0.39 is 28.4 Å². The van der Waals surface area contributed by atoms with Gasteiger partial charge in [0.05, 0.1) is 16.2 Å². The van der Waals surface area contributed by atoms with Crippen molar-refractivity contribution in [3.63, 3.8) is 0 Å². The molecule has 3 rings (SSSR count). The summed E-state index contributed by atoms with van der Waals surface area (Å²) in [5, 5.41) is 11.1. The Balaban J connectivity index is 1.94. The Labute approximate surface area is 147 Å². The standard InChI is InChI=1S/C18H12N2O6/c1-10(2)18(23)26-12-8-6-11(7-9-12)19-16(21)13-4-3-5-14(20(24)25)15(13)17(19)22/h3-9H,1H2,2H3. The molecule has 2 aromatic carbocycles. The molecule has 2 amide bonds. The van der Waals surface area contributed by atoms with E-state index in [2.05, 4.69) is 6.58 Å². The van der Waals surface area contributed by atoms with Gasteiger partial charge in [-0.3, -0.25) is 19.7 Å². The topological polar surface area (TPSA) is 107 Å². The highest BCUT2D eigenvalue weighted by molar-refractivity contribution is 6.35. The first-order valence-electron chi connectivity index (χ1n) is 7.45. The molecular weight excluding hydrogens is 340 g/mol. The molecule has 2 aromatic rings. The monoisotopic (exact) mass is 352 g/mol. The molecular formula is C18H12N2O6. The van der Waals surface area contributed by atoms with Gasteiger partial charge in [-0.15, -0.1) is 0 Å². The van der Waals surface area contributed by atoms with Crippen molar-refractivity contribution in [2.75, 3.05) is 4.90 Å². The van der Waals surface area contributed by atoms with E-state index in [1.807, 2.05) is 0 Å². The number of imide groups is 1. The van der Waals surface area contributed by atoms with Crippen molar-refractivity contribution in [2.24, 2.45) is 0 Å². The summed E-state index contributed by atoms with van der Waals surface area (Å²) in [6.07, 6.45) is 0. The highest BCUT2D eigenvalue weighted by Crippen LogP contribution is 2.34. The van der Waals surface area contributed by atoms with E-state index in [0.717, 1.165) is 4.90 Å². The fraction of sp³-hybridized carbons (Fsp3) is 0.0556. The number of hydrogen-bond acceptors (Lipinski definition) is 6. The Bertz CT molecular complexity index is 978. The van der Waals surface area contributed by atoms with Crippen LogP contribution in [0.5, 0.6) is 5.75 Å². The smallest absolute Gasteiger partial charge is 0.338 e. The molecule has 1 aliphatic heterocycles. The van der Waals surface area contributed by atoms with Crippen LogP contribution in [0.1, 0.15) is 27.6 Å². The number of anilines is 1. The van der Waals surface area contributed by atoms with E-state index in [1.165, 1.54) is 49.4 Å². The summed E-state index contributed by atoms with van der Waals surface area (Å²) in [6, 6.07) is 9.54. The molecule has 0 unspecified atom stereocenters. The molecule has 8 heteroatoms. The largest absolute Gasteiger partial charge is 0.423 e. The third-order valence-electron chi connectivity index (χ3n) is 3.74. The number of nitro benzene ring substituents is 1. The van der Waals surface area contributed by atoms with Crippen molar-refractivity contribution < 1.29 is 24.0 Å². The van der Waals surface area contributed by atoms with E-state index in [0.29, 0.717) is 0 Å². The van der Waals surface area contributed by atoms with Crippen LogP contribution in [-0.4, -0.2) is 22.7 Å². The second-order valence-corrected chi connectivity index (χ2v) is 5.57. The van der Waals surface area contributed by atoms with E-state index >= 15 is 0 Å². The summed E-state index contributed by atoms with van der Waals surface area (Å²) >= 11 is 0. The number of amides is 2. The van der Waals surface area contributed by atoms with Crippen LogP contribution in [0.2, 0.25) is 0 Å². The highest BCUT2D eigenvalue weighted by atomic mass is 16.6. The van der Waals surface area contributed by atoms with Gasteiger partial charge in [0, 0.05) is 11.6 Å². The molecule has 0 fully saturated rings. The van der Waals surface area contributed by atoms with E-state index in [-0.39, 0.29) is 28.1 Å². The zero-order valence-electron chi connectivity index (χ0n) is 13.6. The molecule has 0 N–H and O–H groups in total. The predicted octanol–water partition coefficient (Wildman–Crippen LogP) is 2.88. The van der Waals surface area contributed by atoms with Gasteiger partial charge in [-0.1, -0.05) is 12.6 Å². The quantitative estimate of drug-likeness (QED) is 0.209. The average Bonchev–Trinajstić information content (AvgIpc) is 2.86. The molecule has 26 heavy (non-hydrogen) atoms. The Morgan fingerprint density at radius 1 is 1.12 bits per heavy atom. The zero-order valence-corrected chi connectivity index (χ0v) is 13.6. The lowest BCUT2D eigenvalue weighted by Crippen LogP contribution is -2.29. The number of nitrogens with zero attached hydrogens (tertiary/aromatic N) is 2. The number of benzene rings is 2. The van der Waals surface area contributed by atoms with Crippen LogP contribution in [0.3, 0.4) is 0 Å². The molecule has 0 atom stereocenters. The summed E-state index contributed by atoms with van der Waals surface area (Å²) < 4.78 is 5.04. The maximum Gasteiger partial charge on any atom is 0.338 e. The summed E-state index contributed by atoms with van der Waals surface area (Å²) in [7, 11) is 0. The molecule has 0 saturated heterocycles. The van der Waals surface area contributed by atoms with Crippen LogP contribution in [0.25, 0.3) is 0 Å². The molecule has 1 aliphatic rings. The highest BCUT2D eigenvalue weighted by Gasteiger charge is 2.41. The molecule has 0 saturated carbocycles. The van der Waals surface area contributed by atoms with Crippen molar-refractivity contribution >= 4 is 29.2 Å². The number of carbonyl (C=O) groups excluding carboxylic acids is 3. The van der Waals surface area contributed by atoms with Crippen LogP contribution >= 0.6 is 0 Å². The molecule has 130 valence electrons. The van der Waals surface area contributed by atoms with Crippen LogP contribution in [0, 0.1) is 10.1 Å². The molecule has 1 heterocycles. The number of nitro groups is 1. The summed E-state index contributed by atoms with van der Waals surface area (Å²) in [6.45, 7) is 4.97. The van der Waals surface area contributed by atoms with Gasteiger partial charge in [0.15, 0.2) is 0 Å². The Morgan fingerprint density at radius 3 is 2.35 bits per heavy atom. The molecule has 0 bridgehead atoms. The first kappa shape index (κ1) is 17.0. The molecule has 0 aliphatic carbocycles. The minimum Gasteiger partial charge on any atom is -0.423 e. The van der Waals surface area contributed by atoms with Gasteiger partial charge in [-0.2, -0.15) is 0 Å². The van der Waals surface area contributed by atoms with Gasteiger partial charge in [0.2, 0.25) is 0 Å². The van der Waals surface area contributed by atoms with E-state index in [4.69, 9.17) is 4.74 Å². The fourth-order valence-electron chi connectivity index (χ4n) is 2.51. The van der Waals surface area contributed by atoms with Crippen molar-refractivity contribution in [2.45, 2.75) is 6.92 Å². The Morgan fingerprint density at radius 2 is 1.77 bits per heavy atom. The third kappa shape index (κ3) is 2.73. The molecule has 8 nitrogen and oxygen atoms in total. The average molecular weight is 352 g/mol. The van der Waals surface area contributed by atoms with Gasteiger partial charge in [-0.05, 0) is 37.3 Å².